The van der Waals surface area contributed by atoms with E-state index in [0.717, 1.165) is 30.8 Å². The molecule has 3 aliphatic rings. The Kier molecular flexibility index (Phi) is 14.1. The highest BCUT2D eigenvalue weighted by atomic mass is 35.5. The fourth-order valence-electron chi connectivity index (χ4n) is 9.05. The number of benzene rings is 2. The standard InChI is InChI=1S/C47H57Cl2N4O8PS/c1-8-28-22-47(28,62(57,58)25-33-35(48)14-11-15-36(33)49)23-41(54)40-19-31(24-53(40)44(56)34(46(4,5)6)20-43(55)61-29-12-9-10-13-29)60-42-21-38(39-26-63-45(52-39)50-27(2)3)51-37-18-30(59-7)16-17-32(37)42/h8,11,14-18,21,26-29,31,34,40H,1,9-10,12-13,19-20,22-25H2,2-7H3,(H,50,52)(H,57,58)/t28-,31-,34-,40+,47-/m1/s1. The van der Waals surface area contributed by atoms with Crippen molar-refractivity contribution >= 4 is 75.6 Å². The summed E-state index contributed by atoms with van der Waals surface area (Å²) in [5.41, 5.74) is 1.46. The van der Waals surface area contributed by atoms with Crippen molar-refractivity contribution in [2.75, 3.05) is 19.0 Å². The number of ether oxygens (including phenoxy) is 3. The number of nitrogens with one attached hydrogen (secondary N) is 1. The zero-order valence-corrected chi connectivity index (χ0v) is 39.9. The number of methoxy groups -OCH3 is 1. The van der Waals surface area contributed by atoms with Crippen LogP contribution in [0.2, 0.25) is 10.0 Å². The maximum Gasteiger partial charge on any atom is 0.306 e. The maximum absolute atomic E-state index is 15.0. The predicted molar refractivity (Wildman–Crippen MR) is 249 cm³/mol. The Morgan fingerprint density at radius 1 is 1.08 bits per heavy atom. The second kappa shape index (κ2) is 18.8. The van der Waals surface area contributed by atoms with Gasteiger partial charge < -0.3 is 29.3 Å². The normalized spacial score (nSPS) is 22.8. The quantitative estimate of drug-likeness (QED) is 0.0590. The molecule has 1 amide bonds. The number of esters is 1. The highest BCUT2D eigenvalue weighted by Crippen LogP contribution is 2.74. The van der Waals surface area contributed by atoms with Gasteiger partial charge in [0, 0.05) is 51.8 Å². The van der Waals surface area contributed by atoms with Crippen LogP contribution in [0.25, 0.3) is 22.3 Å². The second-order valence-electron chi connectivity index (χ2n) is 18.6. The van der Waals surface area contributed by atoms with E-state index in [0.29, 0.717) is 39.4 Å². The van der Waals surface area contributed by atoms with Crippen LogP contribution < -0.4 is 14.8 Å². The number of aromatic nitrogens is 2. The molecule has 2 saturated carbocycles. The molecule has 338 valence electrons. The van der Waals surface area contributed by atoms with Crippen molar-refractivity contribution in [3.05, 3.63) is 76.1 Å². The number of ketones is 1. The first kappa shape index (κ1) is 47.0. The van der Waals surface area contributed by atoms with Gasteiger partial charge in [-0.05, 0) is 87.1 Å². The third kappa shape index (κ3) is 10.3. The van der Waals surface area contributed by atoms with Crippen LogP contribution in [-0.4, -0.2) is 80.5 Å². The summed E-state index contributed by atoms with van der Waals surface area (Å²) in [5.74, 6) is -1.39. The summed E-state index contributed by atoms with van der Waals surface area (Å²) in [7, 11) is -2.60. The molecule has 6 atom stereocenters. The average Bonchev–Trinajstić information content (AvgIpc) is 3.62. The van der Waals surface area contributed by atoms with Gasteiger partial charge in [-0.25, -0.2) is 9.97 Å². The smallest absolute Gasteiger partial charge is 0.306 e. The van der Waals surface area contributed by atoms with E-state index < -0.39 is 47.9 Å². The van der Waals surface area contributed by atoms with Gasteiger partial charge >= 0.3 is 5.97 Å². The molecule has 2 aromatic heterocycles. The molecule has 16 heteroatoms. The van der Waals surface area contributed by atoms with Gasteiger partial charge in [-0.15, -0.1) is 17.9 Å². The Hall–Kier alpha value is -4.00. The number of hydrogen-bond donors (Lipinski definition) is 2. The van der Waals surface area contributed by atoms with E-state index in [2.05, 4.69) is 11.9 Å². The molecule has 2 aromatic carbocycles. The van der Waals surface area contributed by atoms with Crippen molar-refractivity contribution in [1.82, 2.24) is 14.9 Å². The number of likely N-dealkylation sites (tertiary alicyclic amines) is 1. The lowest BCUT2D eigenvalue weighted by molar-refractivity contribution is -0.156. The van der Waals surface area contributed by atoms with E-state index in [9.17, 15) is 19.0 Å². The van der Waals surface area contributed by atoms with E-state index in [-0.39, 0.29) is 72.3 Å². The van der Waals surface area contributed by atoms with Crippen LogP contribution in [0.15, 0.2) is 60.5 Å². The van der Waals surface area contributed by atoms with E-state index in [1.165, 1.54) is 16.2 Å². The number of nitrogens with zero attached hydrogens (tertiary/aromatic N) is 3. The number of allylic oxidation sites excluding steroid dienone is 1. The number of Topliss-reactive ketones (excluding diaryl/α,β-unsaturated/α-hetero) is 1. The molecule has 4 aromatic rings. The summed E-state index contributed by atoms with van der Waals surface area (Å²) in [6, 6.07) is 11.3. The third-order valence-corrected chi connectivity index (χ3v) is 17.0. The number of fused-ring (bicyclic) bond motifs is 1. The lowest BCUT2D eigenvalue weighted by atomic mass is 9.77. The summed E-state index contributed by atoms with van der Waals surface area (Å²) in [6.45, 7) is 13.7. The first-order chi connectivity index (χ1) is 29.8. The molecule has 0 spiro atoms. The maximum atomic E-state index is 15.0. The van der Waals surface area contributed by atoms with E-state index in [4.69, 9.17) is 47.4 Å². The Morgan fingerprint density at radius 2 is 1.79 bits per heavy atom. The fourth-order valence-corrected chi connectivity index (χ4v) is 13.2. The van der Waals surface area contributed by atoms with Gasteiger partial charge in [0.2, 0.25) is 13.3 Å². The Labute approximate surface area is 383 Å². The van der Waals surface area contributed by atoms with Crippen molar-refractivity contribution in [2.45, 2.75) is 122 Å². The van der Waals surface area contributed by atoms with Crippen molar-refractivity contribution in [1.29, 1.82) is 0 Å². The highest BCUT2D eigenvalue weighted by Gasteiger charge is 2.65. The molecule has 2 aliphatic carbocycles. The van der Waals surface area contributed by atoms with Gasteiger partial charge in [0.05, 0.1) is 54.6 Å². The molecule has 3 fully saturated rings. The lowest BCUT2D eigenvalue weighted by Gasteiger charge is -2.35. The average molecular weight is 940 g/mol. The molecule has 3 heterocycles. The largest absolute Gasteiger partial charge is 0.497 e. The molecule has 63 heavy (non-hydrogen) atoms. The predicted octanol–water partition coefficient (Wildman–Crippen LogP) is 10.8. The topological polar surface area (TPSA) is 157 Å². The van der Waals surface area contributed by atoms with Gasteiger partial charge in [0.25, 0.3) is 0 Å². The molecular weight excluding hydrogens is 882 g/mol. The zero-order valence-electron chi connectivity index (χ0n) is 36.7. The van der Waals surface area contributed by atoms with Crippen LogP contribution >= 0.6 is 41.9 Å². The Bertz CT molecular complexity index is 2410. The number of pyridine rings is 1. The minimum atomic E-state index is -4.18. The van der Waals surface area contributed by atoms with E-state index >= 15 is 4.79 Å². The number of carbonyl (C=O) groups excluding carboxylic acids is 3. The third-order valence-electron chi connectivity index (χ3n) is 12.7. The molecule has 1 aliphatic heterocycles. The molecule has 7 rings (SSSR count). The summed E-state index contributed by atoms with van der Waals surface area (Å²) in [4.78, 5) is 66.5. The van der Waals surface area contributed by atoms with Crippen LogP contribution in [0.4, 0.5) is 5.13 Å². The number of amides is 1. The van der Waals surface area contributed by atoms with Gasteiger partial charge in [0.15, 0.2) is 10.9 Å². The van der Waals surface area contributed by atoms with Gasteiger partial charge in [-0.2, -0.15) is 0 Å². The number of halogens is 2. The van der Waals surface area contributed by atoms with Crippen LogP contribution in [0.3, 0.4) is 0 Å². The second-order valence-corrected chi connectivity index (χ2v) is 22.9. The minimum Gasteiger partial charge on any atom is -0.497 e. The Morgan fingerprint density at radius 3 is 2.43 bits per heavy atom. The van der Waals surface area contributed by atoms with E-state index in [1.807, 2.05) is 64.3 Å². The van der Waals surface area contributed by atoms with Crippen molar-refractivity contribution in [3.63, 3.8) is 0 Å². The zero-order chi connectivity index (χ0) is 45.4. The van der Waals surface area contributed by atoms with Crippen LogP contribution in [-0.2, 0) is 29.8 Å². The highest BCUT2D eigenvalue weighted by molar-refractivity contribution is 7.59. The number of carbonyl (C=O) groups is 3. The van der Waals surface area contributed by atoms with Crippen molar-refractivity contribution < 1.29 is 38.1 Å². The number of hydrogen-bond acceptors (Lipinski definition) is 11. The van der Waals surface area contributed by atoms with Crippen LogP contribution in [0, 0.1) is 17.3 Å². The molecule has 0 bridgehead atoms. The molecule has 0 radical (unpaired) electrons. The number of anilines is 1. The number of thiazole rings is 1. The Balaban J connectivity index is 1.23. The monoisotopic (exact) mass is 938 g/mol. The fraction of sp³-hybridized carbons (Fsp3) is 0.511. The molecular formula is C47H57Cl2N4O8PS. The first-order valence-corrected chi connectivity index (χ1v) is 25.1. The van der Waals surface area contributed by atoms with Crippen molar-refractivity contribution in [3.8, 4) is 22.9 Å². The summed E-state index contributed by atoms with van der Waals surface area (Å²) in [5, 5.41) is 5.88. The SMILES string of the molecule is C=C[C@@H]1C[C@]1(CC(=O)[C@@H]1C[C@@H](Oc2cc(-c3csc(NC(C)C)n3)nc3cc(OC)ccc23)CN1C(=O)[C@@H](CC(=O)OC1CCCC1)C(C)(C)C)P(=O)(O)Cc1c(Cl)cccc1Cl. The van der Waals surface area contributed by atoms with Gasteiger partial charge in [0.1, 0.15) is 29.4 Å². The molecule has 1 saturated heterocycles. The number of rotatable bonds is 17. The summed E-state index contributed by atoms with van der Waals surface area (Å²) < 4.78 is 32.8. The summed E-state index contributed by atoms with van der Waals surface area (Å²) >= 11 is 14.4. The van der Waals surface area contributed by atoms with Crippen LogP contribution in [0.1, 0.15) is 91.5 Å². The van der Waals surface area contributed by atoms with Gasteiger partial charge in [-0.3, -0.25) is 18.9 Å². The summed E-state index contributed by atoms with van der Waals surface area (Å²) in [6.07, 6.45) is 3.92. The van der Waals surface area contributed by atoms with Crippen LogP contribution in [0.5, 0.6) is 11.5 Å². The van der Waals surface area contributed by atoms with Gasteiger partial charge in [-0.1, -0.05) is 56.1 Å². The molecule has 2 N–H and O–H groups in total. The lowest BCUT2D eigenvalue weighted by Crippen LogP contribution is -2.48. The molecule has 1 unspecified atom stereocenters. The first-order valence-electron chi connectivity index (χ1n) is 21.6. The van der Waals surface area contributed by atoms with E-state index in [1.54, 1.807) is 31.4 Å². The van der Waals surface area contributed by atoms with Crippen molar-refractivity contribution in [2.24, 2.45) is 17.3 Å². The molecule has 12 nitrogen and oxygen atoms in total. The minimum absolute atomic E-state index is 0.0257.